The molecule has 0 N–H and O–H groups in total. The standard InChI is InChI=1S/C12H16ClN/c1-11-6-5-7-12(10-11)14(2)9-4-3-8-13/h3-7,10H,8-9H2,1-2H3. The minimum Gasteiger partial charge on any atom is -0.371 e. The molecule has 0 unspecified atom stereocenters. The average molecular weight is 210 g/mol. The summed E-state index contributed by atoms with van der Waals surface area (Å²) in [5.41, 5.74) is 2.53. The van der Waals surface area contributed by atoms with Crippen molar-refractivity contribution in [2.24, 2.45) is 0 Å². The van der Waals surface area contributed by atoms with E-state index < -0.39 is 0 Å². The molecule has 0 aliphatic heterocycles. The van der Waals surface area contributed by atoms with Crippen molar-refractivity contribution >= 4 is 17.3 Å². The van der Waals surface area contributed by atoms with Gasteiger partial charge in [0.2, 0.25) is 0 Å². The van der Waals surface area contributed by atoms with Crippen molar-refractivity contribution in [2.75, 3.05) is 24.4 Å². The van der Waals surface area contributed by atoms with Crippen LogP contribution in [-0.2, 0) is 0 Å². The summed E-state index contributed by atoms with van der Waals surface area (Å²) in [4.78, 5) is 2.19. The Kier molecular flexibility index (Phi) is 4.54. The Morgan fingerprint density at radius 3 is 2.79 bits per heavy atom. The number of halogens is 1. The molecule has 14 heavy (non-hydrogen) atoms. The van der Waals surface area contributed by atoms with Gasteiger partial charge in [0, 0.05) is 25.2 Å². The minimum atomic E-state index is 0.585. The summed E-state index contributed by atoms with van der Waals surface area (Å²) in [7, 11) is 2.08. The highest BCUT2D eigenvalue weighted by molar-refractivity contribution is 6.18. The van der Waals surface area contributed by atoms with Crippen molar-refractivity contribution in [1.82, 2.24) is 0 Å². The monoisotopic (exact) mass is 209 g/mol. The Balaban J connectivity index is 2.60. The number of hydrogen-bond acceptors (Lipinski definition) is 1. The zero-order chi connectivity index (χ0) is 10.4. The van der Waals surface area contributed by atoms with Crippen LogP contribution < -0.4 is 4.90 Å². The van der Waals surface area contributed by atoms with Gasteiger partial charge in [-0.15, -0.1) is 11.6 Å². The molecular formula is C12H16ClN. The number of anilines is 1. The van der Waals surface area contributed by atoms with Crippen molar-refractivity contribution in [3.63, 3.8) is 0 Å². The number of likely N-dealkylation sites (N-methyl/N-ethyl adjacent to an activating group) is 1. The minimum absolute atomic E-state index is 0.585. The molecule has 1 nitrogen and oxygen atoms in total. The topological polar surface area (TPSA) is 3.24 Å². The zero-order valence-electron chi connectivity index (χ0n) is 8.70. The summed E-state index contributed by atoms with van der Waals surface area (Å²) in [5.74, 6) is 0.585. The maximum absolute atomic E-state index is 5.55. The Morgan fingerprint density at radius 2 is 2.14 bits per heavy atom. The highest BCUT2D eigenvalue weighted by Crippen LogP contribution is 2.13. The van der Waals surface area contributed by atoms with Crippen LogP contribution in [0.25, 0.3) is 0 Å². The van der Waals surface area contributed by atoms with Gasteiger partial charge in [-0.2, -0.15) is 0 Å². The Labute approximate surface area is 91.0 Å². The lowest BCUT2D eigenvalue weighted by molar-refractivity contribution is 1.03. The molecule has 0 aliphatic carbocycles. The van der Waals surface area contributed by atoms with Gasteiger partial charge < -0.3 is 4.90 Å². The quantitative estimate of drug-likeness (QED) is 0.544. The normalized spacial score (nSPS) is 10.8. The maximum Gasteiger partial charge on any atom is 0.0404 e. The first kappa shape index (κ1) is 11.1. The number of hydrogen-bond donors (Lipinski definition) is 0. The predicted molar refractivity (Wildman–Crippen MR) is 64.3 cm³/mol. The van der Waals surface area contributed by atoms with Crippen molar-refractivity contribution in [1.29, 1.82) is 0 Å². The third-order valence-corrected chi connectivity index (χ3v) is 2.26. The van der Waals surface area contributed by atoms with E-state index >= 15 is 0 Å². The fraction of sp³-hybridized carbons (Fsp3) is 0.333. The number of rotatable bonds is 4. The van der Waals surface area contributed by atoms with Gasteiger partial charge in [0.15, 0.2) is 0 Å². The van der Waals surface area contributed by atoms with Crippen LogP contribution in [0.2, 0.25) is 0 Å². The van der Waals surface area contributed by atoms with Crippen molar-refractivity contribution in [3.8, 4) is 0 Å². The van der Waals surface area contributed by atoms with Crippen LogP contribution in [0, 0.1) is 6.92 Å². The van der Waals surface area contributed by atoms with Crippen LogP contribution in [0.5, 0.6) is 0 Å². The molecule has 0 aromatic heterocycles. The van der Waals surface area contributed by atoms with Crippen LogP contribution in [0.1, 0.15) is 5.56 Å². The number of nitrogens with zero attached hydrogens (tertiary/aromatic N) is 1. The van der Waals surface area contributed by atoms with E-state index in [2.05, 4.69) is 49.2 Å². The average Bonchev–Trinajstić information content (AvgIpc) is 2.18. The third kappa shape index (κ3) is 3.43. The van der Waals surface area contributed by atoms with Crippen LogP contribution in [0.15, 0.2) is 36.4 Å². The molecule has 0 atom stereocenters. The van der Waals surface area contributed by atoms with E-state index in [1.807, 2.05) is 6.08 Å². The fourth-order valence-electron chi connectivity index (χ4n) is 1.27. The lowest BCUT2D eigenvalue weighted by atomic mass is 10.2. The smallest absolute Gasteiger partial charge is 0.0404 e. The van der Waals surface area contributed by atoms with Gasteiger partial charge in [0.05, 0.1) is 0 Å². The van der Waals surface area contributed by atoms with Crippen LogP contribution in [0.3, 0.4) is 0 Å². The molecule has 0 spiro atoms. The lowest BCUT2D eigenvalue weighted by Gasteiger charge is -2.17. The van der Waals surface area contributed by atoms with Crippen molar-refractivity contribution in [3.05, 3.63) is 42.0 Å². The Hall–Kier alpha value is -0.950. The molecule has 0 heterocycles. The molecule has 1 rings (SSSR count). The predicted octanol–water partition coefficient (Wildman–Crippen LogP) is 3.23. The highest BCUT2D eigenvalue weighted by Gasteiger charge is 1.97. The first-order chi connectivity index (χ1) is 6.74. The van der Waals surface area contributed by atoms with Gasteiger partial charge in [-0.3, -0.25) is 0 Å². The summed E-state index contributed by atoms with van der Waals surface area (Å²) < 4.78 is 0. The number of allylic oxidation sites excluding steroid dienone is 1. The molecule has 1 aromatic carbocycles. The number of aryl methyl sites for hydroxylation is 1. The molecule has 0 bridgehead atoms. The molecular weight excluding hydrogens is 194 g/mol. The largest absolute Gasteiger partial charge is 0.371 e. The zero-order valence-corrected chi connectivity index (χ0v) is 9.46. The van der Waals surface area contributed by atoms with Gasteiger partial charge >= 0.3 is 0 Å². The van der Waals surface area contributed by atoms with Gasteiger partial charge in [0.1, 0.15) is 0 Å². The number of benzene rings is 1. The SMILES string of the molecule is Cc1cccc(N(C)CC=CCCl)c1. The molecule has 0 fully saturated rings. The lowest BCUT2D eigenvalue weighted by Crippen LogP contribution is -2.16. The third-order valence-electron chi connectivity index (χ3n) is 2.08. The fourth-order valence-corrected chi connectivity index (χ4v) is 1.39. The second-order valence-corrected chi connectivity index (χ2v) is 3.65. The first-order valence-corrected chi connectivity index (χ1v) is 5.26. The van der Waals surface area contributed by atoms with Crippen LogP contribution in [-0.4, -0.2) is 19.5 Å². The highest BCUT2D eigenvalue weighted by atomic mass is 35.5. The molecule has 0 aliphatic rings. The molecule has 0 amide bonds. The van der Waals surface area contributed by atoms with E-state index in [1.165, 1.54) is 11.3 Å². The van der Waals surface area contributed by atoms with Crippen molar-refractivity contribution < 1.29 is 0 Å². The van der Waals surface area contributed by atoms with Gasteiger partial charge in [-0.1, -0.05) is 24.3 Å². The van der Waals surface area contributed by atoms with Crippen LogP contribution in [0.4, 0.5) is 5.69 Å². The Morgan fingerprint density at radius 1 is 1.36 bits per heavy atom. The molecule has 76 valence electrons. The summed E-state index contributed by atoms with van der Waals surface area (Å²) in [5, 5.41) is 0. The van der Waals surface area contributed by atoms with E-state index in [0.29, 0.717) is 5.88 Å². The van der Waals surface area contributed by atoms with E-state index in [9.17, 15) is 0 Å². The molecule has 0 radical (unpaired) electrons. The number of alkyl halides is 1. The van der Waals surface area contributed by atoms with Gasteiger partial charge in [0.25, 0.3) is 0 Å². The molecule has 0 saturated carbocycles. The second kappa shape index (κ2) is 5.71. The van der Waals surface area contributed by atoms with E-state index in [-0.39, 0.29) is 0 Å². The summed E-state index contributed by atoms with van der Waals surface area (Å²) in [6.07, 6.45) is 4.04. The van der Waals surface area contributed by atoms with E-state index in [0.717, 1.165) is 6.54 Å². The summed E-state index contributed by atoms with van der Waals surface area (Å²) in [6.45, 7) is 3.00. The van der Waals surface area contributed by atoms with Crippen molar-refractivity contribution in [2.45, 2.75) is 6.92 Å². The van der Waals surface area contributed by atoms with Gasteiger partial charge in [-0.05, 0) is 24.6 Å². The molecule has 0 saturated heterocycles. The molecule has 2 heteroatoms. The molecule has 1 aromatic rings. The maximum atomic E-state index is 5.55. The second-order valence-electron chi connectivity index (χ2n) is 3.35. The summed E-state index contributed by atoms with van der Waals surface area (Å²) >= 11 is 5.55. The van der Waals surface area contributed by atoms with Gasteiger partial charge in [-0.25, -0.2) is 0 Å². The Bertz CT molecular complexity index is 307. The van der Waals surface area contributed by atoms with E-state index in [1.54, 1.807) is 0 Å². The van der Waals surface area contributed by atoms with E-state index in [4.69, 9.17) is 11.6 Å². The first-order valence-electron chi connectivity index (χ1n) is 4.73. The summed E-state index contributed by atoms with van der Waals surface area (Å²) in [6, 6.07) is 8.47. The van der Waals surface area contributed by atoms with Crippen LogP contribution >= 0.6 is 11.6 Å².